The van der Waals surface area contributed by atoms with E-state index in [0.717, 1.165) is 17.0 Å². The zero-order chi connectivity index (χ0) is 19.1. The van der Waals surface area contributed by atoms with Gasteiger partial charge >= 0.3 is 0 Å². The highest BCUT2D eigenvalue weighted by molar-refractivity contribution is 5.78. The molecule has 0 spiro atoms. The van der Waals surface area contributed by atoms with Crippen LogP contribution in [0.5, 0.6) is 0 Å². The van der Waals surface area contributed by atoms with Crippen molar-refractivity contribution in [2.24, 2.45) is 0 Å². The van der Waals surface area contributed by atoms with Crippen molar-refractivity contribution in [2.75, 3.05) is 5.32 Å². The summed E-state index contributed by atoms with van der Waals surface area (Å²) in [6.07, 6.45) is 3.16. The normalized spacial score (nSPS) is 12.5. The Kier molecular flexibility index (Phi) is 3.75. The maximum atomic E-state index is 13.9. The van der Waals surface area contributed by atoms with E-state index in [1.54, 1.807) is 22.8 Å². The molecule has 3 aromatic heterocycles. The van der Waals surface area contributed by atoms with Crippen LogP contribution in [0.3, 0.4) is 0 Å². The van der Waals surface area contributed by atoms with E-state index in [1.165, 1.54) is 18.5 Å². The second-order valence-corrected chi connectivity index (χ2v) is 6.44. The predicted octanol–water partition coefficient (Wildman–Crippen LogP) is 3.78. The minimum Gasteiger partial charge on any atom is -0.344 e. The summed E-state index contributed by atoms with van der Waals surface area (Å²) >= 11 is 0. The molecule has 3 heterocycles. The van der Waals surface area contributed by atoms with Crippen molar-refractivity contribution in [3.63, 3.8) is 0 Å². The van der Waals surface area contributed by atoms with Gasteiger partial charge in [-0.1, -0.05) is 18.2 Å². The van der Waals surface area contributed by atoms with Crippen LogP contribution in [0.1, 0.15) is 18.8 Å². The molecule has 0 aliphatic heterocycles. The molecule has 1 atom stereocenters. The molecule has 0 aliphatic rings. The molecule has 8 heteroatoms. The molecule has 5 aromatic rings. The largest absolute Gasteiger partial charge is 0.344 e. The van der Waals surface area contributed by atoms with E-state index >= 15 is 0 Å². The molecule has 0 bridgehead atoms. The summed E-state index contributed by atoms with van der Waals surface area (Å²) in [6.45, 7) is 1.98. The van der Waals surface area contributed by atoms with E-state index < -0.39 is 0 Å². The second kappa shape index (κ2) is 6.41. The number of fused-ring (bicyclic) bond motifs is 2. The molecule has 138 valence electrons. The second-order valence-electron chi connectivity index (χ2n) is 6.44. The minimum atomic E-state index is -0.300. The highest BCUT2D eigenvalue weighted by atomic mass is 19.1. The Morgan fingerprint density at radius 3 is 2.75 bits per heavy atom. The van der Waals surface area contributed by atoms with Gasteiger partial charge in [0.25, 0.3) is 0 Å². The first kappa shape index (κ1) is 16.4. The number of halogens is 1. The Hall–Kier alpha value is -3.81. The average Bonchev–Trinajstić information content (AvgIpc) is 3.33. The van der Waals surface area contributed by atoms with Crippen LogP contribution in [-0.2, 0) is 0 Å². The van der Waals surface area contributed by atoms with Crippen LogP contribution in [0, 0.1) is 5.82 Å². The molecular weight excluding hydrogens is 357 g/mol. The number of nitrogens with zero attached hydrogens (tertiary/aromatic N) is 6. The molecule has 0 amide bonds. The predicted molar refractivity (Wildman–Crippen MR) is 104 cm³/mol. The first-order chi connectivity index (χ1) is 13.7. The Morgan fingerprint density at radius 2 is 1.89 bits per heavy atom. The number of anilines is 1. The molecule has 0 aliphatic carbocycles. The lowest BCUT2D eigenvalue weighted by molar-refractivity contribution is 0.629. The molecule has 28 heavy (non-hydrogen) atoms. The van der Waals surface area contributed by atoms with Gasteiger partial charge in [0, 0.05) is 17.8 Å². The van der Waals surface area contributed by atoms with Crippen LogP contribution < -0.4 is 5.32 Å². The Morgan fingerprint density at radius 1 is 1.04 bits per heavy atom. The molecule has 0 radical (unpaired) electrons. The number of nitrogens with one attached hydrogen (secondary N) is 1. The van der Waals surface area contributed by atoms with Gasteiger partial charge in [-0.15, -0.1) is 0 Å². The van der Waals surface area contributed by atoms with Gasteiger partial charge in [0.2, 0.25) is 5.95 Å². The zero-order valence-corrected chi connectivity index (χ0v) is 15.0. The van der Waals surface area contributed by atoms with E-state index in [2.05, 4.69) is 20.4 Å². The van der Waals surface area contributed by atoms with Crippen LogP contribution in [-0.4, -0.2) is 29.1 Å². The quantitative estimate of drug-likeness (QED) is 0.519. The van der Waals surface area contributed by atoms with Crippen molar-refractivity contribution >= 4 is 22.6 Å². The fraction of sp³-hybridized carbons (Fsp3) is 0.100. The van der Waals surface area contributed by atoms with Crippen molar-refractivity contribution in [2.45, 2.75) is 13.0 Å². The van der Waals surface area contributed by atoms with E-state index in [9.17, 15) is 4.39 Å². The molecule has 0 saturated carbocycles. The van der Waals surface area contributed by atoms with E-state index in [0.29, 0.717) is 17.1 Å². The highest BCUT2D eigenvalue weighted by Gasteiger charge is 2.19. The maximum Gasteiger partial charge on any atom is 0.227 e. The SMILES string of the molecule is C[C@H](Nc1ncnc2ccnn12)c1nc2ccc(F)cc2n1-c1ccccc1. The van der Waals surface area contributed by atoms with Crippen LogP contribution in [0.15, 0.2) is 67.1 Å². The maximum absolute atomic E-state index is 13.9. The number of aromatic nitrogens is 6. The summed E-state index contributed by atoms with van der Waals surface area (Å²) in [5.41, 5.74) is 3.04. The summed E-state index contributed by atoms with van der Waals surface area (Å²) in [5, 5.41) is 7.60. The van der Waals surface area contributed by atoms with Gasteiger partial charge in [-0.2, -0.15) is 9.61 Å². The third-order valence-corrected chi connectivity index (χ3v) is 4.58. The van der Waals surface area contributed by atoms with Gasteiger partial charge in [-0.05, 0) is 31.2 Å². The Bertz CT molecular complexity index is 1280. The number of benzene rings is 2. The summed E-state index contributed by atoms with van der Waals surface area (Å²) in [6, 6.07) is 16.0. The number of hydrogen-bond acceptors (Lipinski definition) is 5. The summed E-state index contributed by atoms with van der Waals surface area (Å²) < 4.78 is 17.5. The van der Waals surface area contributed by atoms with Gasteiger partial charge in [0.05, 0.1) is 23.3 Å². The molecule has 7 nitrogen and oxygen atoms in total. The van der Waals surface area contributed by atoms with Gasteiger partial charge in [-0.3, -0.25) is 4.57 Å². The van der Waals surface area contributed by atoms with Crippen molar-refractivity contribution in [1.82, 2.24) is 29.1 Å². The third-order valence-electron chi connectivity index (χ3n) is 4.58. The smallest absolute Gasteiger partial charge is 0.227 e. The van der Waals surface area contributed by atoms with Crippen LogP contribution in [0.4, 0.5) is 10.3 Å². The van der Waals surface area contributed by atoms with Crippen LogP contribution in [0.25, 0.3) is 22.4 Å². The van der Waals surface area contributed by atoms with Gasteiger partial charge in [0.15, 0.2) is 5.65 Å². The van der Waals surface area contributed by atoms with Crippen molar-refractivity contribution in [1.29, 1.82) is 0 Å². The number of para-hydroxylation sites is 1. The number of imidazole rings is 1. The zero-order valence-electron chi connectivity index (χ0n) is 15.0. The first-order valence-electron chi connectivity index (χ1n) is 8.85. The third kappa shape index (κ3) is 2.66. The van der Waals surface area contributed by atoms with Crippen molar-refractivity contribution < 1.29 is 4.39 Å². The molecule has 1 N–H and O–H groups in total. The van der Waals surface area contributed by atoms with Crippen molar-refractivity contribution in [3.05, 3.63) is 78.8 Å². The molecular formula is C20H16FN7. The lowest BCUT2D eigenvalue weighted by Gasteiger charge is -2.17. The van der Waals surface area contributed by atoms with Crippen molar-refractivity contribution in [3.8, 4) is 5.69 Å². The van der Waals surface area contributed by atoms with E-state index in [4.69, 9.17) is 4.98 Å². The summed E-state index contributed by atoms with van der Waals surface area (Å²) in [7, 11) is 0. The lowest BCUT2D eigenvalue weighted by atomic mass is 10.2. The van der Waals surface area contributed by atoms with E-state index in [-0.39, 0.29) is 11.9 Å². The molecule has 2 aromatic carbocycles. The van der Waals surface area contributed by atoms with Gasteiger partial charge in [0.1, 0.15) is 18.0 Å². The first-order valence-corrected chi connectivity index (χ1v) is 8.85. The highest BCUT2D eigenvalue weighted by Crippen LogP contribution is 2.27. The standard InChI is InChI=1S/C20H16FN7/c1-13(25-20-23-12-22-18-9-10-24-28(18)20)19-26-16-8-7-14(21)11-17(16)27(19)15-5-3-2-4-6-15/h2-13H,1H3,(H,22,23,25)/t13-/m0/s1. The van der Waals surface area contributed by atoms with Crippen LogP contribution >= 0.6 is 0 Å². The Balaban J connectivity index is 1.64. The van der Waals surface area contributed by atoms with Crippen LogP contribution in [0.2, 0.25) is 0 Å². The summed E-state index contributed by atoms with van der Waals surface area (Å²) in [4.78, 5) is 13.2. The fourth-order valence-corrected chi connectivity index (χ4v) is 3.32. The Labute approximate surface area is 159 Å². The number of rotatable bonds is 4. The van der Waals surface area contributed by atoms with Gasteiger partial charge < -0.3 is 5.32 Å². The molecule has 0 fully saturated rings. The summed E-state index contributed by atoms with van der Waals surface area (Å²) in [5.74, 6) is 0.997. The molecule has 0 saturated heterocycles. The molecule has 0 unspecified atom stereocenters. The topological polar surface area (TPSA) is 72.9 Å². The van der Waals surface area contributed by atoms with E-state index in [1.807, 2.05) is 41.8 Å². The van der Waals surface area contributed by atoms with Gasteiger partial charge in [-0.25, -0.2) is 19.3 Å². The fourth-order valence-electron chi connectivity index (χ4n) is 3.32. The monoisotopic (exact) mass is 373 g/mol. The molecule has 5 rings (SSSR count). The number of hydrogen-bond donors (Lipinski definition) is 1. The average molecular weight is 373 g/mol. The lowest BCUT2D eigenvalue weighted by Crippen LogP contribution is -2.16. The minimum absolute atomic E-state index is 0.224.